The number of methoxy groups -OCH3 is 1. The highest BCUT2D eigenvalue weighted by atomic mass is 19.1. The molecule has 2 aliphatic heterocycles. The van der Waals surface area contributed by atoms with Crippen molar-refractivity contribution in [1.29, 1.82) is 0 Å². The fourth-order valence-electron chi connectivity index (χ4n) is 5.98. The highest BCUT2D eigenvalue weighted by molar-refractivity contribution is 5.88. The number of ether oxygens (including phenoxy) is 1. The fraction of sp³-hybridized carbons (Fsp3) is 0.444. The Morgan fingerprint density at radius 1 is 1.20 bits per heavy atom. The van der Waals surface area contributed by atoms with Crippen LogP contribution in [0.1, 0.15) is 49.0 Å². The van der Waals surface area contributed by atoms with Gasteiger partial charge in [-0.15, -0.1) is 0 Å². The predicted octanol–water partition coefficient (Wildman–Crippen LogP) is 4.27. The van der Waals surface area contributed by atoms with Crippen molar-refractivity contribution in [3.05, 3.63) is 64.9 Å². The molecule has 1 saturated heterocycles. The number of likely N-dealkylation sites (tertiary alicyclic amines) is 1. The number of aliphatic hydroxyl groups is 1. The SMILES string of the molecule is CCC(=O)N1CCC2(CC1)CN(Cc1cc(F)ccc1F)[C@H](CO)c1[nH]c3cc(OC)ccc3c12. The third kappa shape index (κ3) is 4.08. The topological polar surface area (TPSA) is 68.8 Å². The summed E-state index contributed by atoms with van der Waals surface area (Å²) in [5, 5.41) is 11.5. The largest absolute Gasteiger partial charge is 0.497 e. The lowest BCUT2D eigenvalue weighted by Gasteiger charge is -2.50. The van der Waals surface area contributed by atoms with Gasteiger partial charge in [-0.3, -0.25) is 9.69 Å². The van der Waals surface area contributed by atoms with Crippen molar-refractivity contribution in [3.8, 4) is 5.75 Å². The number of benzene rings is 2. The van der Waals surface area contributed by atoms with Gasteiger partial charge >= 0.3 is 0 Å². The molecule has 2 aliphatic rings. The standard InChI is InChI=1S/C27H31F2N3O3/c1-3-24(34)31-10-8-27(9-11-31)16-32(14-17-12-18(28)4-7-21(17)29)23(15-33)26-25(27)20-6-5-19(35-2)13-22(20)30-26/h4-7,12-13,23,30,33H,3,8-11,14-16H2,1-2H3/t23-/m1/s1. The van der Waals surface area contributed by atoms with E-state index >= 15 is 0 Å². The fourth-order valence-corrected chi connectivity index (χ4v) is 5.98. The predicted molar refractivity (Wildman–Crippen MR) is 129 cm³/mol. The van der Waals surface area contributed by atoms with Crippen molar-refractivity contribution >= 4 is 16.8 Å². The van der Waals surface area contributed by atoms with Crippen LogP contribution in [0, 0.1) is 11.6 Å². The number of rotatable bonds is 5. The molecule has 1 amide bonds. The number of carbonyl (C=O) groups excluding carboxylic acids is 1. The Bertz CT molecular complexity index is 1250. The van der Waals surface area contributed by atoms with E-state index in [4.69, 9.17) is 4.74 Å². The van der Waals surface area contributed by atoms with Crippen LogP contribution >= 0.6 is 0 Å². The lowest BCUT2D eigenvalue weighted by atomic mass is 9.68. The normalized spacial score (nSPS) is 19.8. The number of fused-ring (bicyclic) bond motifs is 4. The van der Waals surface area contributed by atoms with Crippen LogP contribution in [0.3, 0.4) is 0 Å². The number of hydrogen-bond acceptors (Lipinski definition) is 4. The molecule has 2 aromatic carbocycles. The average Bonchev–Trinajstić information content (AvgIpc) is 3.26. The number of aliphatic hydroxyl groups excluding tert-OH is 1. The molecule has 0 bridgehead atoms. The summed E-state index contributed by atoms with van der Waals surface area (Å²) in [6.45, 7) is 3.74. The van der Waals surface area contributed by atoms with Crippen molar-refractivity contribution in [2.75, 3.05) is 33.4 Å². The molecule has 186 valence electrons. The Hall–Kier alpha value is -2.97. The van der Waals surface area contributed by atoms with Crippen molar-refractivity contribution in [2.24, 2.45) is 0 Å². The van der Waals surface area contributed by atoms with Gasteiger partial charge < -0.3 is 19.7 Å². The first-order valence-corrected chi connectivity index (χ1v) is 12.2. The average molecular weight is 484 g/mol. The molecule has 5 rings (SSSR count). The van der Waals surface area contributed by atoms with Crippen molar-refractivity contribution in [1.82, 2.24) is 14.8 Å². The minimum absolute atomic E-state index is 0.145. The Labute approximate surface area is 203 Å². The van der Waals surface area contributed by atoms with Crippen LogP contribution < -0.4 is 4.74 Å². The number of hydrogen-bond donors (Lipinski definition) is 2. The van der Waals surface area contributed by atoms with E-state index in [1.165, 1.54) is 6.07 Å². The monoisotopic (exact) mass is 483 g/mol. The maximum atomic E-state index is 14.6. The lowest BCUT2D eigenvalue weighted by Crippen LogP contribution is -2.54. The van der Waals surface area contributed by atoms with Crippen LogP contribution in [0.5, 0.6) is 5.75 Å². The molecule has 0 radical (unpaired) electrons. The number of aromatic amines is 1. The number of H-pyrrole nitrogens is 1. The minimum Gasteiger partial charge on any atom is -0.497 e. The summed E-state index contributed by atoms with van der Waals surface area (Å²) in [5.41, 5.74) is 2.95. The van der Waals surface area contributed by atoms with E-state index in [1.807, 2.05) is 34.9 Å². The van der Waals surface area contributed by atoms with Gasteiger partial charge in [0.2, 0.25) is 5.91 Å². The third-order valence-corrected chi connectivity index (χ3v) is 7.77. The number of nitrogens with one attached hydrogen (secondary N) is 1. The molecule has 0 unspecified atom stereocenters. The Morgan fingerprint density at radius 2 is 1.97 bits per heavy atom. The van der Waals surface area contributed by atoms with E-state index in [1.54, 1.807) is 7.11 Å². The quantitative estimate of drug-likeness (QED) is 0.569. The molecule has 0 aliphatic carbocycles. The number of aromatic nitrogens is 1. The Balaban J connectivity index is 1.61. The van der Waals surface area contributed by atoms with E-state index in [0.29, 0.717) is 26.1 Å². The molecule has 2 N–H and O–H groups in total. The van der Waals surface area contributed by atoms with Gasteiger partial charge in [0, 0.05) is 66.2 Å². The van der Waals surface area contributed by atoms with Gasteiger partial charge in [0.25, 0.3) is 0 Å². The Morgan fingerprint density at radius 3 is 2.66 bits per heavy atom. The molecule has 35 heavy (non-hydrogen) atoms. The number of halogens is 2. The molecule has 6 nitrogen and oxygen atoms in total. The van der Waals surface area contributed by atoms with Crippen molar-refractivity contribution < 1.29 is 23.4 Å². The van der Waals surface area contributed by atoms with Gasteiger partial charge in [-0.2, -0.15) is 0 Å². The molecule has 8 heteroatoms. The van der Waals surface area contributed by atoms with Gasteiger partial charge in [0.05, 0.1) is 19.8 Å². The zero-order valence-corrected chi connectivity index (χ0v) is 20.1. The smallest absolute Gasteiger partial charge is 0.222 e. The second-order valence-electron chi connectivity index (χ2n) is 9.68. The zero-order valence-electron chi connectivity index (χ0n) is 20.1. The number of amides is 1. The molecular formula is C27H31F2N3O3. The first-order chi connectivity index (χ1) is 16.9. The summed E-state index contributed by atoms with van der Waals surface area (Å²) in [5.74, 6) is -0.0784. The summed E-state index contributed by atoms with van der Waals surface area (Å²) in [4.78, 5) is 19.9. The minimum atomic E-state index is -0.488. The second-order valence-corrected chi connectivity index (χ2v) is 9.68. The van der Waals surface area contributed by atoms with Crippen LogP contribution in [0.15, 0.2) is 36.4 Å². The molecule has 3 aromatic rings. The van der Waals surface area contributed by atoms with Gasteiger partial charge in [0.15, 0.2) is 0 Å². The Kier molecular flexibility index (Phi) is 6.27. The molecule has 1 aromatic heterocycles. The molecule has 1 atom stereocenters. The summed E-state index contributed by atoms with van der Waals surface area (Å²) in [6.07, 6.45) is 1.98. The highest BCUT2D eigenvalue weighted by Crippen LogP contribution is 2.49. The molecular weight excluding hydrogens is 452 g/mol. The third-order valence-electron chi connectivity index (χ3n) is 7.77. The highest BCUT2D eigenvalue weighted by Gasteiger charge is 2.47. The molecule has 1 fully saturated rings. The summed E-state index contributed by atoms with van der Waals surface area (Å²) < 4.78 is 34.0. The number of carbonyl (C=O) groups is 1. The maximum Gasteiger partial charge on any atom is 0.222 e. The van der Waals surface area contributed by atoms with Gasteiger partial charge in [-0.05, 0) is 48.7 Å². The summed E-state index contributed by atoms with van der Waals surface area (Å²) >= 11 is 0. The van der Waals surface area contributed by atoms with E-state index < -0.39 is 17.7 Å². The number of piperidine rings is 1. The van der Waals surface area contributed by atoms with Crippen LogP contribution in [0.2, 0.25) is 0 Å². The van der Waals surface area contributed by atoms with Gasteiger partial charge in [0.1, 0.15) is 17.4 Å². The van der Waals surface area contributed by atoms with E-state index in [0.717, 1.165) is 52.9 Å². The van der Waals surface area contributed by atoms with Gasteiger partial charge in [-0.25, -0.2) is 8.78 Å². The maximum absolute atomic E-state index is 14.6. The molecule has 3 heterocycles. The van der Waals surface area contributed by atoms with Crippen molar-refractivity contribution in [2.45, 2.75) is 44.2 Å². The first kappa shape index (κ1) is 23.8. The van der Waals surface area contributed by atoms with E-state index in [9.17, 15) is 18.7 Å². The van der Waals surface area contributed by atoms with Crippen LogP contribution in [0.4, 0.5) is 8.78 Å². The molecule has 0 saturated carbocycles. The zero-order chi connectivity index (χ0) is 24.7. The van der Waals surface area contributed by atoms with Crippen LogP contribution in [-0.2, 0) is 16.8 Å². The van der Waals surface area contributed by atoms with Crippen LogP contribution in [0.25, 0.3) is 10.9 Å². The number of nitrogens with zero attached hydrogens (tertiary/aromatic N) is 2. The van der Waals surface area contributed by atoms with Crippen LogP contribution in [-0.4, -0.2) is 59.1 Å². The van der Waals surface area contributed by atoms with E-state index in [-0.39, 0.29) is 30.0 Å². The van der Waals surface area contributed by atoms with E-state index in [2.05, 4.69) is 4.98 Å². The van der Waals surface area contributed by atoms with Crippen molar-refractivity contribution in [3.63, 3.8) is 0 Å². The van der Waals surface area contributed by atoms with Gasteiger partial charge in [-0.1, -0.05) is 6.92 Å². The lowest BCUT2D eigenvalue weighted by molar-refractivity contribution is -0.132. The second kappa shape index (κ2) is 9.24. The summed E-state index contributed by atoms with van der Waals surface area (Å²) in [6, 6.07) is 9.02. The summed E-state index contributed by atoms with van der Waals surface area (Å²) in [7, 11) is 1.62. The first-order valence-electron chi connectivity index (χ1n) is 12.2. The molecule has 1 spiro atoms.